The Morgan fingerprint density at radius 2 is 1.94 bits per heavy atom. The van der Waals surface area contributed by atoms with E-state index in [4.69, 9.17) is 11.6 Å². The van der Waals surface area contributed by atoms with Gasteiger partial charge in [0.1, 0.15) is 0 Å². The molecule has 1 aromatic carbocycles. The molecule has 0 unspecified atom stereocenters. The van der Waals surface area contributed by atoms with E-state index in [1.54, 1.807) is 24.3 Å². The molecule has 1 N–H and O–H groups in total. The van der Waals surface area contributed by atoms with Crippen LogP contribution in [0.2, 0.25) is 0 Å². The van der Waals surface area contributed by atoms with Gasteiger partial charge in [-0.2, -0.15) is 0 Å². The first kappa shape index (κ1) is 14.7. The van der Waals surface area contributed by atoms with Crippen molar-refractivity contribution in [3.63, 3.8) is 0 Å². The molecule has 0 aliphatic carbocycles. The first-order valence-electron chi connectivity index (χ1n) is 4.93. The molecule has 0 fully saturated rings. The highest BCUT2D eigenvalue weighted by Crippen LogP contribution is 2.12. The predicted molar refractivity (Wildman–Crippen MR) is 74.1 cm³/mol. The average molecular weight is 339 g/mol. The molecule has 0 amide bonds. The van der Waals surface area contributed by atoms with Crippen molar-refractivity contribution in [2.75, 3.05) is 12.4 Å². The van der Waals surface area contributed by atoms with Gasteiger partial charge in [0.05, 0.1) is 4.90 Å². The summed E-state index contributed by atoms with van der Waals surface area (Å²) in [5.41, 5.74) is 1.02. The Balaban J connectivity index is 2.81. The summed E-state index contributed by atoms with van der Waals surface area (Å²) in [6.45, 7) is 3.74. The molecule has 0 atom stereocenters. The van der Waals surface area contributed by atoms with Crippen LogP contribution in [0.1, 0.15) is 5.56 Å². The minimum absolute atomic E-state index is 0.172. The van der Waals surface area contributed by atoms with Crippen molar-refractivity contribution in [3.05, 3.63) is 40.9 Å². The fourth-order valence-electron chi connectivity index (χ4n) is 1.20. The number of nitrogens with one attached hydrogen (secondary N) is 1. The van der Waals surface area contributed by atoms with Gasteiger partial charge in [0, 0.05) is 16.9 Å². The zero-order valence-electron chi connectivity index (χ0n) is 9.12. The van der Waals surface area contributed by atoms with Crippen LogP contribution in [0.5, 0.6) is 0 Å². The number of hydrogen-bond acceptors (Lipinski definition) is 2. The third kappa shape index (κ3) is 4.79. The zero-order chi connectivity index (χ0) is 12.9. The summed E-state index contributed by atoms with van der Waals surface area (Å²) in [6, 6.07) is 6.67. The van der Waals surface area contributed by atoms with Crippen molar-refractivity contribution in [2.24, 2.45) is 0 Å². The molecule has 0 aliphatic heterocycles. The summed E-state index contributed by atoms with van der Waals surface area (Å²) in [7, 11) is -3.46. The van der Waals surface area contributed by atoms with Crippen molar-refractivity contribution in [3.8, 4) is 0 Å². The summed E-state index contributed by atoms with van der Waals surface area (Å²) in [5, 5.41) is 0. The highest BCUT2D eigenvalue weighted by atomic mass is 79.9. The first-order valence-corrected chi connectivity index (χ1v) is 7.74. The molecule has 0 aromatic heterocycles. The third-order valence-electron chi connectivity index (χ3n) is 2.07. The Morgan fingerprint density at radius 1 is 1.35 bits per heavy atom. The van der Waals surface area contributed by atoms with E-state index < -0.39 is 10.0 Å². The second kappa shape index (κ2) is 6.54. The van der Waals surface area contributed by atoms with Crippen LogP contribution in [-0.2, 0) is 16.4 Å². The van der Waals surface area contributed by atoms with Gasteiger partial charge in [0.15, 0.2) is 0 Å². The summed E-state index contributed by atoms with van der Waals surface area (Å²) < 4.78 is 26.6. The van der Waals surface area contributed by atoms with Crippen LogP contribution >= 0.6 is 27.5 Å². The van der Waals surface area contributed by atoms with Crippen LogP contribution < -0.4 is 4.72 Å². The number of aryl methyl sites for hydroxylation is 1. The largest absolute Gasteiger partial charge is 0.240 e. The van der Waals surface area contributed by atoms with Crippen LogP contribution in [0.4, 0.5) is 0 Å². The second-order valence-corrected chi connectivity index (χ2v) is 6.69. The van der Waals surface area contributed by atoms with E-state index in [1.807, 2.05) is 0 Å². The molecule has 1 rings (SSSR count). The van der Waals surface area contributed by atoms with E-state index in [2.05, 4.69) is 27.2 Å². The number of benzene rings is 1. The average Bonchev–Trinajstić information content (AvgIpc) is 2.28. The fourth-order valence-corrected chi connectivity index (χ4v) is 2.77. The van der Waals surface area contributed by atoms with Crippen molar-refractivity contribution in [1.29, 1.82) is 0 Å². The molecule has 6 heteroatoms. The molecule has 0 saturated heterocycles. The lowest BCUT2D eigenvalue weighted by atomic mass is 10.2. The van der Waals surface area contributed by atoms with E-state index in [0.29, 0.717) is 10.4 Å². The van der Waals surface area contributed by atoms with Crippen molar-refractivity contribution in [2.45, 2.75) is 11.3 Å². The molecular weight excluding hydrogens is 326 g/mol. The summed E-state index contributed by atoms with van der Waals surface area (Å²) in [4.78, 5) is 0.240. The van der Waals surface area contributed by atoms with Gasteiger partial charge in [-0.1, -0.05) is 34.6 Å². The second-order valence-electron chi connectivity index (χ2n) is 3.42. The number of halogens is 2. The molecule has 0 spiro atoms. The molecule has 17 heavy (non-hydrogen) atoms. The van der Waals surface area contributed by atoms with E-state index in [1.165, 1.54) is 0 Å². The normalized spacial score (nSPS) is 11.4. The number of sulfonamides is 1. The van der Waals surface area contributed by atoms with Crippen LogP contribution in [0.15, 0.2) is 40.2 Å². The first-order chi connectivity index (χ1) is 7.95. The lowest BCUT2D eigenvalue weighted by molar-refractivity contribution is 0.585. The Hall–Kier alpha value is -0.360. The van der Waals surface area contributed by atoms with Crippen molar-refractivity contribution < 1.29 is 8.42 Å². The smallest absolute Gasteiger partial charge is 0.207 e. The minimum atomic E-state index is -3.46. The molecule has 3 nitrogen and oxygen atoms in total. The molecule has 0 bridgehead atoms. The number of rotatable bonds is 6. The van der Waals surface area contributed by atoms with Crippen LogP contribution in [-0.4, -0.2) is 20.8 Å². The van der Waals surface area contributed by atoms with Gasteiger partial charge in [-0.25, -0.2) is 13.1 Å². The molecule has 0 aliphatic rings. The number of alkyl halides is 1. The van der Waals surface area contributed by atoms with Crippen LogP contribution in [0.25, 0.3) is 0 Å². The quantitative estimate of drug-likeness (QED) is 0.811. The molecule has 94 valence electrons. The van der Waals surface area contributed by atoms with Gasteiger partial charge in [-0.3, -0.25) is 0 Å². The Bertz CT molecular complexity index is 485. The fraction of sp³-hybridized carbons (Fsp3) is 0.273. The van der Waals surface area contributed by atoms with Gasteiger partial charge in [-0.15, -0.1) is 11.6 Å². The van der Waals surface area contributed by atoms with Crippen LogP contribution in [0, 0.1) is 0 Å². The predicted octanol–water partition coefficient (Wildman–Crippen LogP) is 2.65. The van der Waals surface area contributed by atoms with E-state index in [9.17, 15) is 8.42 Å². The maximum Gasteiger partial charge on any atom is 0.240 e. The molecule has 0 heterocycles. The SMILES string of the molecule is C=C(Br)CNS(=O)(=O)c1ccc(CCCl)cc1. The Morgan fingerprint density at radius 3 is 2.41 bits per heavy atom. The van der Waals surface area contributed by atoms with Gasteiger partial charge in [0.25, 0.3) is 0 Å². The van der Waals surface area contributed by atoms with Crippen molar-refractivity contribution >= 4 is 37.6 Å². The van der Waals surface area contributed by atoms with Gasteiger partial charge in [-0.05, 0) is 24.1 Å². The van der Waals surface area contributed by atoms with Gasteiger partial charge in [0.2, 0.25) is 10.0 Å². The highest BCUT2D eigenvalue weighted by molar-refractivity contribution is 9.11. The van der Waals surface area contributed by atoms with Gasteiger partial charge >= 0.3 is 0 Å². The lowest BCUT2D eigenvalue weighted by Gasteiger charge is -2.06. The van der Waals surface area contributed by atoms with Crippen LogP contribution in [0.3, 0.4) is 0 Å². The lowest BCUT2D eigenvalue weighted by Crippen LogP contribution is -2.24. The molecule has 0 saturated carbocycles. The standard InChI is InChI=1S/C11H13BrClNO2S/c1-9(12)8-14-17(15,16)11-4-2-10(3-5-11)6-7-13/h2-5,14H,1,6-8H2. The number of hydrogen-bond donors (Lipinski definition) is 1. The summed E-state index contributed by atoms with van der Waals surface area (Å²) in [5.74, 6) is 0.522. The maximum atomic E-state index is 11.8. The summed E-state index contributed by atoms with van der Waals surface area (Å²) >= 11 is 8.70. The Kier molecular flexibility index (Phi) is 5.66. The van der Waals surface area contributed by atoms with Crippen molar-refractivity contribution in [1.82, 2.24) is 4.72 Å². The zero-order valence-corrected chi connectivity index (χ0v) is 12.3. The minimum Gasteiger partial charge on any atom is -0.207 e. The molecule has 0 radical (unpaired) electrons. The topological polar surface area (TPSA) is 46.2 Å². The van der Waals surface area contributed by atoms with E-state index >= 15 is 0 Å². The maximum absolute atomic E-state index is 11.8. The molecule has 1 aromatic rings. The third-order valence-corrected chi connectivity index (χ3v) is 3.96. The Labute approximate surface area is 115 Å². The van der Waals surface area contributed by atoms with E-state index in [-0.39, 0.29) is 11.4 Å². The van der Waals surface area contributed by atoms with Gasteiger partial charge < -0.3 is 0 Å². The highest BCUT2D eigenvalue weighted by Gasteiger charge is 2.12. The van der Waals surface area contributed by atoms with E-state index in [0.717, 1.165) is 12.0 Å². The molecular formula is C11H13BrClNO2S. The monoisotopic (exact) mass is 337 g/mol. The summed E-state index contributed by atoms with van der Waals surface area (Å²) in [6.07, 6.45) is 0.730.